The SMILES string of the molecule is CCN(CCCN(C)C)c1cc2c(cc1F)C(O)C(=O)N2. The minimum Gasteiger partial charge on any atom is -0.378 e. The number of anilines is 2. The van der Waals surface area contributed by atoms with Crippen LogP contribution in [0.1, 0.15) is 25.0 Å². The summed E-state index contributed by atoms with van der Waals surface area (Å²) >= 11 is 0. The van der Waals surface area contributed by atoms with Crippen LogP contribution in [0.15, 0.2) is 12.1 Å². The first kappa shape index (κ1) is 15.7. The van der Waals surface area contributed by atoms with Crippen molar-refractivity contribution < 1.29 is 14.3 Å². The Bertz CT molecular complexity index is 534. The van der Waals surface area contributed by atoms with Crippen molar-refractivity contribution in [2.24, 2.45) is 0 Å². The van der Waals surface area contributed by atoms with Gasteiger partial charge in [0.2, 0.25) is 0 Å². The molecule has 21 heavy (non-hydrogen) atoms. The van der Waals surface area contributed by atoms with E-state index in [0.29, 0.717) is 23.5 Å². The van der Waals surface area contributed by atoms with Crippen LogP contribution in [0.4, 0.5) is 15.8 Å². The van der Waals surface area contributed by atoms with Crippen molar-refractivity contribution in [1.29, 1.82) is 0 Å². The van der Waals surface area contributed by atoms with Crippen LogP contribution in [0.3, 0.4) is 0 Å². The molecule has 1 heterocycles. The van der Waals surface area contributed by atoms with E-state index < -0.39 is 17.8 Å². The number of aliphatic hydroxyl groups excluding tert-OH is 1. The van der Waals surface area contributed by atoms with Crippen LogP contribution < -0.4 is 10.2 Å². The van der Waals surface area contributed by atoms with Crippen LogP contribution in [0.5, 0.6) is 0 Å². The Balaban J connectivity index is 2.19. The smallest absolute Gasteiger partial charge is 0.257 e. The van der Waals surface area contributed by atoms with Gasteiger partial charge in [-0.15, -0.1) is 0 Å². The topological polar surface area (TPSA) is 55.8 Å². The molecule has 1 atom stereocenters. The third kappa shape index (κ3) is 3.33. The summed E-state index contributed by atoms with van der Waals surface area (Å²) in [6.45, 7) is 4.31. The molecule has 116 valence electrons. The van der Waals surface area contributed by atoms with E-state index in [1.54, 1.807) is 6.07 Å². The van der Waals surface area contributed by atoms with Crippen molar-refractivity contribution in [2.45, 2.75) is 19.4 Å². The van der Waals surface area contributed by atoms with E-state index in [0.717, 1.165) is 19.5 Å². The average Bonchev–Trinajstić information content (AvgIpc) is 2.70. The highest BCUT2D eigenvalue weighted by Crippen LogP contribution is 2.35. The van der Waals surface area contributed by atoms with E-state index in [2.05, 4.69) is 10.2 Å². The van der Waals surface area contributed by atoms with Gasteiger partial charge in [-0.1, -0.05) is 0 Å². The molecule has 5 nitrogen and oxygen atoms in total. The molecule has 0 aliphatic carbocycles. The lowest BCUT2D eigenvalue weighted by molar-refractivity contribution is -0.123. The highest BCUT2D eigenvalue weighted by molar-refractivity contribution is 6.02. The fourth-order valence-electron chi connectivity index (χ4n) is 2.52. The highest BCUT2D eigenvalue weighted by atomic mass is 19.1. The van der Waals surface area contributed by atoms with Crippen molar-refractivity contribution in [1.82, 2.24) is 4.90 Å². The number of rotatable bonds is 6. The van der Waals surface area contributed by atoms with Gasteiger partial charge in [-0.3, -0.25) is 4.79 Å². The second-order valence-electron chi connectivity index (χ2n) is 5.52. The monoisotopic (exact) mass is 295 g/mol. The van der Waals surface area contributed by atoms with Crippen molar-refractivity contribution in [2.75, 3.05) is 43.9 Å². The lowest BCUT2D eigenvalue weighted by atomic mass is 10.1. The Morgan fingerprint density at radius 3 is 2.67 bits per heavy atom. The molecular weight excluding hydrogens is 273 g/mol. The van der Waals surface area contributed by atoms with Gasteiger partial charge < -0.3 is 20.2 Å². The zero-order valence-electron chi connectivity index (χ0n) is 12.7. The summed E-state index contributed by atoms with van der Waals surface area (Å²) in [6, 6.07) is 2.86. The first-order valence-electron chi connectivity index (χ1n) is 7.16. The largest absolute Gasteiger partial charge is 0.378 e. The number of carbonyl (C=O) groups is 1. The van der Waals surface area contributed by atoms with Crippen LogP contribution in [-0.2, 0) is 4.79 Å². The lowest BCUT2D eigenvalue weighted by Crippen LogP contribution is -2.27. The van der Waals surface area contributed by atoms with E-state index in [1.165, 1.54) is 6.07 Å². The quantitative estimate of drug-likeness (QED) is 0.837. The van der Waals surface area contributed by atoms with Gasteiger partial charge in [-0.25, -0.2) is 4.39 Å². The van der Waals surface area contributed by atoms with E-state index in [-0.39, 0.29) is 0 Å². The molecule has 1 aromatic carbocycles. The number of benzene rings is 1. The summed E-state index contributed by atoms with van der Waals surface area (Å²) in [5, 5.41) is 12.2. The molecule has 0 radical (unpaired) electrons. The first-order chi connectivity index (χ1) is 9.93. The molecule has 1 aromatic rings. The summed E-state index contributed by atoms with van der Waals surface area (Å²) in [4.78, 5) is 15.5. The van der Waals surface area contributed by atoms with Gasteiger partial charge in [0.1, 0.15) is 5.82 Å². The van der Waals surface area contributed by atoms with Gasteiger partial charge in [0.25, 0.3) is 5.91 Å². The van der Waals surface area contributed by atoms with Crippen LogP contribution in [0.2, 0.25) is 0 Å². The number of amides is 1. The maximum atomic E-state index is 14.3. The number of carbonyl (C=O) groups excluding carboxylic acids is 1. The van der Waals surface area contributed by atoms with Crippen molar-refractivity contribution in [3.63, 3.8) is 0 Å². The molecule has 1 aliphatic heterocycles. The van der Waals surface area contributed by atoms with Crippen molar-refractivity contribution in [3.05, 3.63) is 23.5 Å². The Morgan fingerprint density at radius 1 is 1.33 bits per heavy atom. The highest BCUT2D eigenvalue weighted by Gasteiger charge is 2.30. The van der Waals surface area contributed by atoms with Crippen molar-refractivity contribution in [3.8, 4) is 0 Å². The molecule has 2 rings (SSSR count). The third-order valence-electron chi connectivity index (χ3n) is 3.68. The fourth-order valence-corrected chi connectivity index (χ4v) is 2.52. The molecule has 0 fully saturated rings. The number of hydrogen-bond donors (Lipinski definition) is 2. The van der Waals surface area contributed by atoms with Crippen LogP contribution in [-0.4, -0.2) is 49.6 Å². The molecule has 0 saturated heterocycles. The molecule has 0 spiro atoms. The predicted octanol–water partition coefficient (Wildman–Crippen LogP) is 1.59. The Hall–Kier alpha value is -1.66. The second kappa shape index (κ2) is 6.41. The van der Waals surface area contributed by atoms with E-state index in [1.807, 2.05) is 25.9 Å². The number of nitrogens with zero attached hydrogens (tertiary/aromatic N) is 2. The maximum absolute atomic E-state index is 14.3. The molecule has 0 aromatic heterocycles. The zero-order chi connectivity index (χ0) is 15.6. The number of aliphatic hydroxyl groups is 1. The molecule has 0 bridgehead atoms. The van der Waals surface area contributed by atoms with Gasteiger partial charge in [-0.2, -0.15) is 0 Å². The zero-order valence-corrected chi connectivity index (χ0v) is 12.7. The van der Waals surface area contributed by atoms with Gasteiger partial charge in [0, 0.05) is 24.3 Å². The number of fused-ring (bicyclic) bond motifs is 1. The molecule has 0 saturated carbocycles. The molecule has 1 aliphatic rings. The normalized spacial score (nSPS) is 17.0. The van der Waals surface area contributed by atoms with Gasteiger partial charge in [0.15, 0.2) is 6.10 Å². The minimum atomic E-state index is -1.27. The maximum Gasteiger partial charge on any atom is 0.257 e. The molecular formula is C15H22FN3O2. The van der Waals surface area contributed by atoms with Crippen LogP contribution in [0.25, 0.3) is 0 Å². The Labute approximate surface area is 124 Å². The first-order valence-corrected chi connectivity index (χ1v) is 7.16. The summed E-state index contributed by atoms with van der Waals surface area (Å²) in [5.41, 5.74) is 1.27. The minimum absolute atomic E-state index is 0.311. The summed E-state index contributed by atoms with van der Waals surface area (Å²) < 4.78 is 14.3. The van der Waals surface area contributed by atoms with Gasteiger partial charge in [0.05, 0.1) is 5.69 Å². The molecule has 2 N–H and O–H groups in total. The second-order valence-corrected chi connectivity index (χ2v) is 5.52. The van der Waals surface area contributed by atoms with Crippen LogP contribution in [0, 0.1) is 5.82 Å². The Kier molecular flexibility index (Phi) is 4.80. The average molecular weight is 295 g/mol. The van der Waals surface area contributed by atoms with E-state index in [9.17, 15) is 14.3 Å². The summed E-state index contributed by atoms with van der Waals surface area (Å²) in [5.74, 6) is -0.909. The molecule has 6 heteroatoms. The van der Waals surface area contributed by atoms with E-state index >= 15 is 0 Å². The van der Waals surface area contributed by atoms with Crippen LogP contribution >= 0.6 is 0 Å². The summed E-state index contributed by atoms with van der Waals surface area (Å²) in [6.07, 6.45) is -0.348. The predicted molar refractivity (Wildman–Crippen MR) is 81.0 cm³/mol. The number of nitrogens with one attached hydrogen (secondary N) is 1. The lowest BCUT2D eigenvalue weighted by Gasteiger charge is -2.25. The van der Waals surface area contributed by atoms with Gasteiger partial charge in [-0.05, 0) is 46.1 Å². The molecule has 1 amide bonds. The molecule has 1 unspecified atom stereocenters. The summed E-state index contributed by atoms with van der Waals surface area (Å²) in [7, 11) is 4.01. The Morgan fingerprint density at radius 2 is 2.05 bits per heavy atom. The standard InChI is InChI=1S/C15H22FN3O2/c1-4-19(7-5-6-18(2)3)13-9-12-10(8-11(13)16)14(20)15(21)17-12/h8-9,14,20H,4-7H2,1-3H3,(H,17,21). The third-order valence-corrected chi connectivity index (χ3v) is 3.68. The number of hydrogen-bond acceptors (Lipinski definition) is 4. The van der Waals surface area contributed by atoms with E-state index in [4.69, 9.17) is 0 Å². The number of halogens is 1. The van der Waals surface area contributed by atoms with Crippen molar-refractivity contribution >= 4 is 17.3 Å². The fraction of sp³-hybridized carbons (Fsp3) is 0.533. The van der Waals surface area contributed by atoms with Gasteiger partial charge >= 0.3 is 0 Å².